The predicted molar refractivity (Wildman–Crippen MR) is 56.1 cm³/mol. The quantitative estimate of drug-likeness (QED) is 0.859. The second kappa shape index (κ2) is 5.01. The predicted octanol–water partition coefficient (Wildman–Crippen LogP) is 1.07. The van der Waals surface area contributed by atoms with Crippen LogP contribution in [0, 0.1) is 5.82 Å². The summed E-state index contributed by atoms with van der Waals surface area (Å²) in [6, 6.07) is 5.56. The molecule has 1 saturated heterocycles. The number of benzene rings is 1. The molecule has 0 radical (unpaired) electrons. The molecule has 1 aliphatic rings. The van der Waals surface area contributed by atoms with Crippen molar-refractivity contribution < 1.29 is 23.4 Å². The lowest BCUT2D eigenvalue weighted by atomic mass is 10.2. The Hall–Kier alpha value is -1.82. The molecule has 5 nitrogen and oxygen atoms in total. The van der Waals surface area contributed by atoms with Gasteiger partial charge in [0.15, 0.2) is 12.2 Å². The smallest absolute Gasteiger partial charge is 0.404 e. The molecule has 2 N–H and O–H groups in total. The Bertz CT molecular complexity index is 395. The molecule has 0 saturated carbocycles. The molecule has 0 bridgehead atoms. The molecule has 1 fully saturated rings. The highest BCUT2D eigenvalue weighted by Gasteiger charge is 2.32. The number of nitrogens with two attached hydrogens (primary N) is 1. The molecule has 17 heavy (non-hydrogen) atoms. The standard InChI is InChI=1S/C11H12FNO4/c12-7-1-3-8(4-2-7)16-9-5-15-6-10(9)17-11(13)14/h1-4,9-10H,5-6H2,(H2,13,14)/t9-,10-/m1/s1. The second-order valence-electron chi connectivity index (χ2n) is 3.62. The van der Waals surface area contributed by atoms with E-state index in [9.17, 15) is 9.18 Å². The van der Waals surface area contributed by atoms with E-state index >= 15 is 0 Å². The van der Waals surface area contributed by atoms with Gasteiger partial charge in [0.2, 0.25) is 0 Å². The fourth-order valence-electron chi connectivity index (χ4n) is 1.57. The first-order chi connectivity index (χ1) is 8.15. The minimum absolute atomic E-state index is 0.245. The van der Waals surface area contributed by atoms with Gasteiger partial charge < -0.3 is 19.9 Å². The Kier molecular flexibility index (Phi) is 3.43. The molecule has 2 rings (SSSR count). The van der Waals surface area contributed by atoms with E-state index in [1.54, 1.807) is 0 Å². The number of hydrogen-bond donors (Lipinski definition) is 1. The molecule has 2 atom stereocenters. The number of carbonyl (C=O) groups is 1. The fourth-order valence-corrected chi connectivity index (χ4v) is 1.57. The van der Waals surface area contributed by atoms with Gasteiger partial charge in [-0.25, -0.2) is 9.18 Å². The average Bonchev–Trinajstić information content (AvgIpc) is 2.68. The maximum absolute atomic E-state index is 12.7. The summed E-state index contributed by atoms with van der Waals surface area (Å²) in [7, 11) is 0. The Morgan fingerprint density at radius 2 is 1.94 bits per heavy atom. The van der Waals surface area contributed by atoms with Crippen molar-refractivity contribution in [3.63, 3.8) is 0 Å². The molecule has 6 heteroatoms. The summed E-state index contributed by atoms with van der Waals surface area (Å²) < 4.78 is 28.2. The van der Waals surface area contributed by atoms with Crippen LogP contribution in [0.3, 0.4) is 0 Å². The van der Waals surface area contributed by atoms with Gasteiger partial charge in [0.1, 0.15) is 11.6 Å². The first-order valence-electron chi connectivity index (χ1n) is 5.11. The van der Waals surface area contributed by atoms with Gasteiger partial charge in [0.25, 0.3) is 0 Å². The zero-order valence-electron chi connectivity index (χ0n) is 8.97. The monoisotopic (exact) mass is 241 g/mol. The van der Waals surface area contributed by atoms with E-state index in [-0.39, 0.29) is 12.4 Å². The number of primary amides is 1. The summed E-state index contributed by atoms with van der Waals surface area (Å²) in [5.41, 5.74) is 4.93. The summed E-state index contributed by atoms with van der Waals surface area (Å²) >= 11 is 0. The zero-order chi connectivity index (χ0) is 12.3. The van der Waals surface area contributed by atoms with Crippen LogP contribution in [0.5, 0.6) is 5.75 Å². The summed E-state index contributed by atoms with van der Waals surface area (Å²) in [4.78, 5) is 10.6. The van der Waals surface area contributed by atoms with Gasteiger partial charge in [0, 0.05) is 0 Å². The highest BCUT2D eigenvalue weighted by molar-refractivity contribution is 5.64. The highest BCUT2D eigenvalue weighted by Crippen LogP contribution is 2.19. The first kappa shape index (κ1) is 11.7. The van der Waals surface area contributed by atoms with Crippen LogP contribution in [0.2, 0.25) is 0 Å². The average molecular weight is 241 g/mol. The molecule has 0 aromatic heterocycles. The summed E-state index contributed by atoms with van der Waals surface area (Å²) in [6.07, 6.45) is -1.82. The van der Waals surface area contributed by atoms with Gasteiger partial charge in [-0.1, -0.05) is 0 Å². The molecule has 92 valence electrons. The van der Waals surface area contributed by atoms with Gasteiger partial charge in [0.05, 0.1) is 13.2 Å². The van der Waals surface area contributed by atoms with Crippen molar-refractivity contribution in [1.82, 2.24) is 0 Å². The molecule has 0 spiro atoms. The Labute approximate surface area is 97.3 Å². The number of carbonyl (C=O) groups excluding carboxylic acids is 1. The zero-order valence-corrected chi connectivity index (χ0v) is 8.97. The van der Waals surface area contributed by atoms with Gasteiger partial charge in [-0.3, -0.25) is 0 Å². The van der Waals surface area contributed by atoms with Crippen molar-refractivity contribution in [2.45, 2.75) is 12.2 Å². The largest absolute Gasteiger partial charge is 0.484 e. The van der Waals surface area contributed by atoms with E-state index in [1.165, 1.54) is 24.3 Å². The maximum Gasteiger partial charge on any atom is 0.404 e. The number of rotatable bonds is 3. The lowest BCUT2D eigenvalue weighted by Gasteiger charge is -2.18. The summed E-state index contributed by atoms with van der Waals surface area (Å²) in [5, 5.41) is 0. The van der Waals surface area contributed by atoms with Gasteiger partial charge >= 0.3 is 6.09 Å². The van der Waals surface area contributed by atoms with Crippen LogP contribution in [0.4, 0.5) is 9.18 Å². The van der Waals surface area contributed by atoms with Crippen LogP contribution in [-0.4, -0.2) is 31.5 Å². The van der Waals surface area contributed by atoms with E-state index in [4.69, 9.17) is 19.9 Å². The van der Waals surface area contributed by atoms with E-state index in [0.717, 1.165) is 0 Å². The lowest BCUT2D eigenvalue weighted by molar-refractivity contribution is 0.0487. The van der Waals surface area contributed by atoms with E-state index in [0.29, 0.717) is 12.4 Å². The van der Waals surface area contributed by atoms with Gasteiger partial charge in [-0.15, -0.1) is 0 Å². The SMILES string of the molecule is NC(=O)O[C@@H]1COC[C@H]1Oc1ccc(F)cc1. The Morgan fingerprint density at radius 1 is 1.29 bits per heavy atom. The first-order valence-corrected chi connectivity index (χ1v) is 5.11. The fraction of sp³-hybridized carbons (Fsp3) is 0.364. The van der Waals surface area contributed by atoms with E-state index < -0.39 is 18.3 Å². The van der Waals surface area contributed by atoms with Crippen molar-refractivity contribution in [2.75, 3.05) is 13.2 Å². The highest BCUT2D eigenvalue weighted by atomic mass is 19.1. The van der Waals surface area contributed by atoms with Crippen LogP contribution in [0.25, 0.3) is 0 Å². The molecule has 0 unspecified atom stereocenters. The third kappa shape index (κ3) is 3.07. The Morgan fingerprint density at radius 3 is 2.59 bits per heavy atom. The van der Waals surface area contributed by atoms with Gasteiger partial charge in [-0.05, 0) is 24.3 Å². The molecule has 1 aromatic carbocycles. The van der Waals surface area contributed by atoms with Crippen molar-refractivity contribution in [2.24, 2.45) is 5.73 Å². The Balaban J connectivity index is 1.97. The molecule has 1 amide bonds. The summed E-state index contributed by atoms with van der Waals surface area (Å²) in [6.45, 7) is 0.546. The molecule has 1 heterocycles. The van der Waals surface area contributed by atoms with Crippen LogP contribution >= 0.6 is 0 Å². The van der Waals surface area contributed by atoms with Crippen LogP contribution < -0.4 is 10.5 Å². The maximum atomic E-state index is 12.7. The van der Waals surface area contributed by atoms with Crippen LogP contribution in [0.1, 0.15) is 0 Å². The molecule has 1 aromatic rings. The molecular formula is C11H12FNO4. The number of halogens is 1. The third-order valence-electron chi connectivity index (χ3n) is 2.35. The number of hydrogen-bond acceptors (Lipinski definition) is 4. The van der Waals surface area contributed by atoms with Gasteiger partial charge in [-0.2, -0.15) is 0 Å². The minimum atomic E-state index is -0.867. The topological polar surface area (TPSA) is 70.8 Å². The van der Waals surface area contributed by atoms with Crippen LogP contribution in [-0.2, 0) is 9.47 Å². The normalized spacial score (nSPS) is 23.4. The third-order valence-corrected chi connectivity index (χ3v) is 2.35. The summed E-state index contributed by atoms with van der Waals surface area (Å²) in [5.74, 6) is 0.143. The minimum Gasteiger partial charge on any atom is -0.484 e. The molecule has 0 aliphatic carbocycles. The van der Waals surface area contributed by atoms with Crippen molar-refractivity contribution in [3.05, 3.63) is 30.1 Å². The molecular weight excluding hydrogens is 229 g/mol. The molecule has 1 aliphatic heterocycles. The number of amides is 1. The van der Waals surface area contributed by atoms with Crippen molar-refractivity contribution in [3.8, 4) is 5.75 Å². The lowest BCUT2D eigenvalue weighted by Crippen LogP contribution is -2.35. The van der Waals surface area contributed by atoms with Crippen LogP contribution in [0.15, 0.2) is 24.3 Å². The van der Waals surface area contributed by atoms with E-state index in [2.05, 4.69) is 0 Å². The number of ether oxygens (including phenoxy) is 3. The second-order valence-corrected chi connectivity index (χ2v) is 3.62. The van der Waals surface area contributed by atoms with E-state index in [1.807, 2.05) is 0 Å². The van der Waals surface area contributed by atoms with Crippen molar-refractivity contribution >= 4 is 6.09 Å². The van der Waals surface area contributed by atoms with Crippen molar-refractivity contribution in [1.29, 1.82) is 0 Å².